The van der Waals surface area contributed by atoms with Crippen molar-refractivity contribution in [1.82, 2.24) is 40.0 Å². The Labute approximate surface area is 342 Å². The molecule has 5 heterocycles. The number of phenolic OH excluding ortho intramolecular Hbond substituents is 1. The molecule has 0 spiro atoms. The number of phenols is 1. The molecule has 15 heteroatoms. The summed E-state index contributed by atoms with van der Waals surface area (Å²) < 4.78 is 1.89. The number of urea groups is 1. The first kappa shape index (κ1) is 39.1. The lowest BCUT2D eigenvalue weighted by atomic mass is 9.98. The van der Waals surface area contributed by atoms with E-state index in [1.807, 2.05) is 72.3 Å². The van der Waals surface area contributed by atoms with Gasteiger partial charge in [-0.3, -0.25) is 14.4 Å². The van der Waals surface area contributed by atoms with E-state index in [1.54, 1.807) is 62.6 Å². The van der Waals surface area contributed by atoms with Crippen LogP contribution in [0, 0.1) is 0 Å². The van der Waals surface area contributed by atoms with Crippen LogP contribution < -0.4 is 20.9 Å². The number of hydrazine groups is 1. The lowest BCUT2D eigenvalue weighted by molar-refractivity contribution is -0.189. The number of hydrogen-bond donors (Lipinski definition) is 4. The third kappa shape index (κ3) is 8.20. The Kier molecular flexibility index (Phi) is 11.3. The van der Waals surface area contributed by atoms with Crippen molar-refractivity contribution in [3.8, 4) is 5.75 Å². The van der Waals surface area contributed by atoms with Gasteiger partial charge in [0.05, 0.1) is 36.1 Å². The van der Waals surface area contributed by atoms with Crippen LogP contribution in [0.2, 0.25) is 0 Å². The third-order valence-electron chi connectivity index (χ3n) is 11.2. The summed E-state index contributed by atoms with van der Waals surface area (Å²) in [6, 6.07) is 24.2. The molecule has 59 heavy (non-hydrogen) atoms. The molecule has 3 saturated heterocycles. The van der Waals surface area contributed by atoms with E-state index in [0.29, 0.717) is 16.6 Å². The van der Waals surface area contributed by atoms with Crippen molar-refractivity contribution < 1.29 is 24.3 Å². The maximum Gasteiger partial charge on any atom is 0.334 e. The van der Waals surface area contributed by atoms with Crippen LogP contribution in [-0.4, -0.2) is 116 Å². The quantitative estimate of drug-likeness (QED) is 0.147. The summed E-state index contributed by atoms with van der Waals surface area (Å²) in [5.41, 5.74) is 4.28. The lowest BCUT2D eigenvalue weighted by Crippen LogP contribution is -2.76. The van der Waals surface area contributed by atoms with E-state index in [4.69, 9.17) is 0 Å². The fourth-order valence-corrected chi connectivity index (χ4v) is 8.36. The van der Waals surface area contributed by atoms with Crippen molar-refractivity contribution in [3.63, 3.8) is 0 Å². The van der Waals surface area contributed by atoms with Gasteiger partial charge in [-0.25, -0.2) is 19.8 Å². The zero-order chi connectivity index (χ0) is 41.0. The first-order valence-corrected chi connectivity index (χ1v) is 19.8. The number of nitrogens with zero attached hydrogens (tertiary/aromatic N) is 7. The van der Waals surface area contributed by atoms with E-state index >= 15 is 0 Å². The van der Waals surface area contributed by atoms with Gasteiger partial charge in [0.15, 0.2) is 0 Å². The molecule has 5 amide bonds. The number of rotatable bonds is 11. The minimum absolute atomic E-state index is 0.0359. The van der Waals surface area contributed by atoms with Gasteiger partial charge in [-0.1, -0.05) is 66.7 Å². The topological polar surface area (TPSA) is 159 Å². The number of amides is 5. The summed E-state index contributed by atoms with van der Waals surface area (Å²) in [7, 11) is 1.87. The molecule has 4 N–H and O–H groups in total. The Morgan fingerprint density at radius 2 is 1.75 bits per heavy atom. The van der Waals surface area contributed by atoms with Crippen LogP contribution >= 0.6 is 0 Å². The van der Waals surface area contributed by atoms with Gasteiger partial charge < -0.3 is 40.3 Å². The fourth-order valence-electron chi connectivity index (χ4n) is 8.36. The highest BCUT2D eigenvalue weighted by Crippen LogP contribution is 2.32. The van der Waals surface area contributed by atoms with Gasteiger partial charge in [0.2, 0.25) is 11.8 Å². The summed E-state index contributed by atoms with van der Waals surface area (Å²) >= 11 is 0. The minimum atomic E-state index is -0.943. The van der Waals surface area contributed by atoms with Gasteiger partial charge in [-0.05, 0) is 41.0 Å². The molecule has 304 valence electrons. The second-order valence-corrected chi connectivity index (χ2v) is 15.1. The monoisotopic (exact) mass is 796 g/mol. The maximum atomic E-state index is 14.7. The predicted octanol–water partition coefficient (Wildman–Crippen LogP) is 3.68. The smallest absolute Gasteiger partial charge is 0.334 e. The Morgan fingerprint density at radius 1 is 0.966 bits per heavy atom. The van der Waals surface area contributed by atoms with Gasteiger partial charge in [0.25, 0.3) is 5.91 Å². The minimum Gasteiger partial charge on any atom is -0.508 e. The number of fused-ring (bicyclic) bond motifs is 2. The van der Waals surface area contributed by atoms with Crippen molar-refractivity contribution in [1.29, 1.82) is 0 Å². The third-order valence-corrected chi connectivity index (χ3v) is 11.2. The summed E-state index contributed by atoms with van der Waals surface area (Å²) in [5, 5.41) is 23.3. The molecule has 3 aromatic carbocycles. The van der Waals surface area contributed by atoms with Crippen LogP contribution in [0.1, 0.15) is 27.0 Å². The van der Waals surface area contributed by atoms with Gasteiger partial charge in [0, 0.05) is 70.9 Å². The normalized spacial score (nSPS) is 18.5. The van der Waals surface area contributed by atoms with E-state index in [1.165, 1.54) is 0 Å². The van der Waals surface area contributed by atoms with Crippen molar-refractivity contribution in [2.45, 2.75) is 31.7 Å². The SMILES string of the molecule is C=CCN1CC(=O)N2C(CN(Cc3cccc4c(C(=O)Nc5ccc(N6CCNCC6)nc5)cn(C)c34)C(=O)[C@@H]2Cc2ccc(O)cc2)N1C(=O)NCc1ccccc1. The number of carbonyl (C=O) groups is 4. The molecule has 2 atom stereocenters. The summed E-state index contributed by atoms with van der Waals surface area (Å²) in [6.07, 6.45) is 4.42. The van der Waals surface area contributed by atoms with E-state index < -0.39 is 18.2 Å². The Morgan fingerprint density at radius 3 is 2.47 bits per heavy atom. The first-order valence-electron chi connectivity index (χ1n) is 19.8. The van der Waals surface area contributed by atoms with Crippen molar-refractivity contribution in [2.75, 3.05) is 56.0 Å². The highest BCUT2D eigenvalue weighted by atomic mass is 16.3. The molecule has 15 nitrogen and oxygen atoms in total. The molecule has 3 aliphatic heterocycles. The fraction of sp³-hybridized carbons (Fsp3) is 0.295. The molecule has 2 aromatic heterocycles. The number of aromatic nitrogens is 2. The largest absolute Gasteiger partial charge is 0.508 e. The van der Waals surface area contributed by atoms with Crippen LogP contribution in [0.25, 0.3) is 10.9 Å². The van der Waals surface area contributed by atoms with E-state index in [2.05, 4.69) is 32.4 Å². The zero-order valence-corrected chi connectivity index (χ0v) is 33.0. The number of benzene rings is 3. The van der Waals surface area contributed by atoms with E-state index in [9.17, 15) is 24.3 Å². The maximum absolute atomic E-state index is 14.7. The van der Waals surface area contributed by atoms with Crippen LogP contribution in [0.5, 0.6) is 5.75 Å². The average molecular weight is 797 g/mol. The van der Waals surface area contributed by atoms with Gasteiger partial charge >= 0.3 is 6.03 Å². The molecular formula is C44H48N10O5. The number of hydrogen-bond acceptors (Lipinski definition) is 9. The molecule has 8 rings (SSSR count). The van der Waals surface area contributed by atoms with Gasteiger partial charge in [-0.2, -0.15) is 0 Å². The van der Waals surface area contributed by atoms with E-state index in [-0.39, 0.29) is 62.6 Å². The van der Waals surface area contributed by atoms with Gasteiger partial charge in [-0.15, -0.1) is 6.58 Å². The first-order chi connectivity index (χ1) is 28.7. The summed E-state index contributed by atoms with van der Waals surface area (Å²) in [4.78, 5) is 66.8. The highest BCUT2D eigenvalue weighted by molar-refractivity contribution is 6.13. The number of para-hydroxylation sites is 1. The average Bonchev–Trinajstić information content (AvgIpc) is 3.60. The molecule has 3 aliphatic rings. The molecule has 1 unspecified atom stereocenters. The van der Waals surface area contributed by atoms with Crippen LogP contribution in [0.4, 0.5) is 16.3 Å². The van der Waals surface area contributed by atoms with Crippen LogP contribution in [-0.2, 0) is 36.1 Å². The second-order valence-electron chi connectivity index (χ2n) is 15.1. The number of aryl methyl sites for hydroxylation is 1. The van der Waals surface area contributed by atoms with Crippen LogP contribution in [0.15, 0.2) is 110 Å². The van der Waals surface area contributed by atoms with Gasteiger partial charge in [0.1, 0.15) is 23.8 Å². The highest BCUT2D eigenvalue weighted by Gasteiger charge is 2.51. The van der Waals surface area contributed by atoms with Crippen LogP contribution in [0.3, 0.4) is 0 Å². The molecule has 0 saturated carbocycles. The van der Waals surface area contributed by atoms with Crippen molar-refractivity contribution >= 4 is 46.2 Å². The molecule has 0 aliphatic carbocycles. The predicted molar refractivity (Wildman–Crippen MR) is 224 cm³/mol. The zero-order valence-electron chi connectivity index (χ0n) is 33.0. The number of carbonyl (C=O) groups excluding carboxylic acids is 4. The van der Waals surface area contributed by atoms with E-state index in [0.717, 1.165) is 54.2 Å². The molecule has 0 radical (unpaired) electrons. The Hall–Kier alpha value is -6.71. The lowest BCUT2D eigenvalue weighted by Gasteiger charge is -2.55. The Balaban J connectivity index is 1.09. The van der Waals surface area contributed by atoms with Crippen molar-refractivity contribution in [2.24, 2.45) is 7.05 Å². The standard InChI is InChI=1S/C44H48N10O5/c1-3-20-52-29-40(56)53-37(23-30-12-15-34(55)16-13-30)43(58)51(28-39(53)54(52)44(59)47-24-31-8-5-4-6-9-31)26-32-10-7-11-35-36(27-49(2)41(32)35)42(57)48-33-14-17-38(46-25-33)50-21-18-45-19-22-50/h3-17,25,27,37,39,45,55H,1,18-24,26,28-29H2,2H3,(H,47,59)(H,48,57)/t37-,39?/m0/s1. The second kappa shape index (κ2) is 17.0. The number of nitrogens with one attached hydrogen (secondary N) is 3. The number of anilines is 2. The number of pyridine rings is 1. The van der Waals surface area contributed by atoms with Crippen molar-refractivity contribution in [3.05, 3.63) is 132 Å². The molecule has 0 bridgehead atoms. The Bertz CT molecular complexity index is 2340. The molecule has 5 aromatic rings. The molecule has 3 fully saturated rings. The number of piperazine rings is 2. The summed E-state index contributed by atoms with van der Waals surface area (Å²) in [5.74, 6) is 0.105. The molecular weight excluding hydrogens is 749 g/mol. The number of aromatic hydroxyl groups is 1. The summed E-state index contributed by atoms with van der Waals surface area (Å²) in [6.45, 7) is 7.97.